The third kappa shape index (κ3) is 3.39. The van der Waals surface area contributed by atoms with Crippen molar-refractivity contribution in [1.29, 1.82) is 0 Å². The van der Waals surface area contributed by atoms with Crippen LogP contribution in [0.1, 0.15) is 52.3 Å². The van der Waals surface area contributed by atoms with Crippen molar-refractivity contribution in [2.45, 2.75) is 64.0 Å². The van der Waals surface area contributed by atoms with E-state index in [1.807, 2.05) is 0 Å². The lowest BCUT2D eigenvalue weighted by Crippen LogP contribution is -2.32. The van der Waals surface area contributed by atoms with Gasteiger partial charge in [-0.2, -0.15) is 4.37 Å². The first kappa shape index (κ1) is 12.8. The highest BCUT2D eigenvalue weighted by molar-refractivity contribution is 7.09. The standard InChI is InChI=1S/C12H22N4S/c1-12(2,3)10-15-11(17-16-10)14-9-6-4-8(13)5-7-9/h8-9H,4-7,13H2,1-3H3,(H,14,15,16). The van der Waals surface area contributed by atoms with E-state index in [1.54, 1.807) is 0 Å². The maximum atomic E-state index is 5.90. The van der Waals surface area contributed by atoms with Crippen LogP contribution in [0, 0.1) is 0 Å². The lowest BCUT2D eigenvalue weighted by Gasteiger charge is -2.26. The number of hydrogen-bond acceptors (Lipinski definition) is 5. The van der Waals surface area contributed by atoms with Gasteiger partial charge in [0.05, 0.1) is 0 Å². The Morgan fingerprint density at radius 2 is 1.88 bits per heavy atom. The fourth-order valence-electron chi connectivity index (χ4n) is 2.02. The first-order chi connectivity index (χ1) is 7.95. The summed E-state index contributed by atoms with van der Waals surface area (Å²) >= 11 is 1.47. The zero-order valence-electron chi connectivity index (χ0n) is 10.9. The Bertz CT molecular complexity index is 361. The molecule has 1 heterocycles. The SMILES string of the molecule is CC(C)(C)c1nsc(NC2CCC(N)CC2)n1. The highest BCUT2D eigenvalue weighted by Crippen LogP contribution is 2.26. The van der Waals surface area contributed by atoms with E-state index >= 15 is 0 Å². The van der Waals surface area contributed by atoms with Crippen molar-refractivity contribution in [1.82, 2.24) is 9.36 Å². The Kier molecular flexibility index (Phi) is 3.68. The Balaban J connectivity index is 1.93. The molecule has 1 fully saturated rings. The van der Waals surface area contributed by atoms with Gasteiger partial charge in [0, 0.05) is 29.0 Å². The number of hydrogen-bond donors (Lipinski definition) is 2. The Hall–Kier alpha value is -0.680. The molecule has 0 aromatic carbocycles. The van der Waals surface area contributed by atoms with Crippen LogP contribution in [0.25, 0.3) is 0 Å². The van der Waals surface area contributed by atoms with Gasteiger partial charge in [-0.15, -0.1) is 0 Å². The van der Waals surface area contributed by atoms with Gasteiger partial charge < -0.3 is 11.1 Å². The molecule has 0 spiro atoms. The van der Waals surface area contributed by atoms with Gasteiger partial charge in [-0.1, -0.05) is 20.8 Å². The van der Waals surface area contributed by atoms with E-state index in [0.717, 1.165) is 36.6 Å². The van der Waals surface area contributed by atoms with E-state index in [-0.39, 0.29) is 5.41 Å². The van der Waals surface area contributed by atoms with Gasteiger partial charge in [0.15, 0.2) is 0 Å². The van der Waals surface area contributed by atoms with Crippen LogP contribution in [0.3, 0.4) is 0 Å². The third-order valence-electron chi connectivity index (χ3n) is 3.20. The summed E-state index contributed by atoms with van der Waals surface area (Å²) in [7, 11) is 0. The predicted octanol–water partition coefficient (Wildman–Crippen LogP) is 2.52. The number of aromatic nitrogens is 2. The van der Waals surface area contributed by atoms with Crippen LogP contribution < -0.4 is 11.1 Å². The molecule has 96 valence electrons. The average Bonchev–Trinajstić information content (AvgIpc) is 2.69. The van der Waals surface area contributed by atoms with Gasteiger partial charge in [-0.3, -0.25) is 0 Å². The lowest BCUT2D eigenvalue weighted by atomic mass is 9.92. The van der Waals surface area contributed by atoms with Gasteiger partial charge in [-0.25, -0.2) is 4.98 Å². The fraction of sp³-hybridized carbons (Fsp3) is 0.833. The molecule has 1 aliphatic carbocycles. The first-order valence-corrected chi connectivity index (χ1v) is 7.09. The number of nitrogens with zero attached hydrogens (tertiary/aromatic N) is 2. The molecule has 1 saturated carbocycles. The van der Waals surface area contributed by atoms with E-state index in [0.29, 0.717) is 12.1 Å². The molecule has 17 heavy (non-hydrogen) atoms. The van der Waals surface area contributed by atoms with Gasteiger partial charge in [-0.05, 0) is 25.7 Å². The van der Waals surface area contributed by atoms with Gasteiger partial charge >= 0.3 is 0 Å². The van der Waals surface area contributed by atoms with Crippen molar-refractivity contribution in [3.63, 3.8) is 0 Å². The highest BCUT2D eigenvalue weighted by atomic mass is 32.1. The minimum absolute atomic E-state index is 0.0331. The number of anilines is 1. The summed E-state index contributed by atoms with van der Waals surface area (Å²) in [5.41, 5.74) is 5.93. The molecule has 0 unspecified atom stereocenters. The molecule has 2 rings (SSSR count). The van der Waals surface area contributed by atoms with Crippen LogP contribution in [-0.4, -0.2) is 21.4 Å². The summed E-state index contributed by atoms with van der Waals surface area (Å²) in [6.45, 7) is 6.41. The van der Waals surface area contributed by atoms with E-state index in [2.05, 4.69) is 35.4 Å². The van der Waals surface area contributed by atoms with Gasteiger partial charge in [0.1, 0.15) is 5.82 Å². The number of nitrogens with one attached hydrogen (secondary N) is 1. The van der Waals surface area contributed by atoms with E-state index in [4.69, 9.17) is 5.73 Å². The average molecular weight is 254 g/mol. The van der Waals surface area contributed by atoms with Crippen molar-refractivity contribution >= 4 is 16.7 Å². The van der Waals surface area contributed by atoms with E-state index in [9.17, 15) is 0 Å². The highest BCUT2D eigenvalue weighted by Gasteiger charge is 2.22. The fourth-order valence-corrected chi connectivity index (χ4v) is 2.86. The maximum Gasteiger partial charge on any atom is 0.202 e. The predicted molar refractivity (Wildman–Crippen MR) is 72.5 cm³/mol. The van der Waals surface area contributed by atoms with Crippen molar-refractivity contribution in [2.24, 2.45) is 5.73 Å². The monoisotopic (exact) mass is 254 g/mol. The largest absolute Gasteiger partial charge is 0.358 e. The molecular weight excluding hydrogens is 232 g/mol. The smallest absolute Gasteiger partial charge is 0.202 e. The Morgan fingerprint density at radius 3 is 2.41 bits per heavy atom. The summed E-state index contributed by atoms with van der Waals surface area (Å²) in [4.78, 5) is 4.56. The summed E-state index contributed by atoms with van der Waals surface area (Å²) < 4.78 is 4.41. The summed E-state index contributed by atoms with van der Waals surface area (Å²) in [6.07, 6.45) is 4.52. The molecule has 0 saturated heterocycles. The lowest BCUT2D eigenvalue weighted by molar-refractivity contribution is 0.411. The topological polar surface area (TPSA) is 63.8 Å². The Morgan fingerprint density at radius 1 is 1.24 bits per heavy atom. The van der Waals surface area contributed by atoms with E-state index < -0.39 is 0 Å². The number of rotatable bonds is 2. The molecule has 0 aliphatic heterocycles. The zero-order valence-corrected chi connectivity index (χ0v) is 11.7. The molecule has 0 atom stereocenters. The van der Waals surface area contributed by atoms with Crippen LogP contribution in [0.4, 0.5) is 5.13 Å². The third-order valence-corrected chi connectivity index (χ3v) is 3.84. The van der Waals surface area contributed by atoms with Crippen LogP contribution >= 0.6 is 11.5 Å². The van der Waals surface area contributed by atoms with Gasteiger partial charge in [0.25, 0.3) is 0 Å². The van der Waals surface area contributed by atoms with Crippen LogP contribution in [0.2, 0.25) is 0 Å². The second-order valence-corrected chi connectivity index (χ2v) is 6.68. The van der Waals surface area contributed by atoms with Crippen LogP contribution in [0.5, 0.6) is 0 Å². The van der Waals surface area contributed by atoms with Crippen molar-refractivity contribution < 1.29 is 0 Å². The maximum absolute atomic E-state index is 5.90. The van der Waals surface area contributed by atoms with Gasteiger partial charge in [0.2, 0.25) is 5.13 Å². The molecule has 1 aromatic rings. The summed E-state index contributed by atoms with van der Waals surface area (Å²) in [5, 5.41) is 4.44. The molecule has 3 N–H and O–H groups in total. The van der Waals surface area contributed by atoms with Crippen LogP contribution in [-0.2, 0) is 5.41 Å². The van der Waals surface area contributed by atoms with E-state index in [1.165, 1.54) is 11.5 Å². The molecule has 0 amide bonds. The zero-order chi connectivity index (χ0) is 12.5. The van der Waals surface area contributed by atoms with Crippen molar-refractivity contribution in [2.75, 3.05) is 5.32 Å². The second-order valence-electron chi connectivity index (χ2n) is 5.93. The summed E-state index contributed by atoms with van der Waals surface area (Å²) in [6, 6.07) is 0.920. The molecule has 0 radical (unpaired) electrons. The second kappa shape index (κ2) is 4.90. The number of nitrogens with two attached hydrogens (primary N) is 1. The summed E-state index contributed by atoms with van der Waals surface area (Å²) in [5.74, 6) is 0.928. The molecular formula is C12H22N4S. The molecule has 4 nitrogen and oxygen atoms in total. The van der Waals surface area contributed by atoms with Crippen molar-refractivity contribution in [3.05, 3.63) is 5.82 Å². The molecule has 5 heteroatoms. The minimum Gasteiger partial charge on any atom is -0.358 e. The molecule has 1 aliphatic rings. The first-order valence-electron chi connectivity index (χ1n) is 6.31. The molecule has 0 bridgehead atoms. The Labute approximate surface area is 107 Å². The quantitative estimate of drug-likeness (QED) is 0.851. The molecule has 1 aromatic heterocycles. The normalized spacial score (nSPS) is 25.9. The van der Waals surface area contributed by atoms with Crippen LogP contribution in [0.15, 0.2) is 0 Å². The van der Waals surface area contributed by atoms with Crippen molar-refractivity contribution in [3.8, 4) is 0 Å². The minimum atomic E-state index is 0.0331.